The van der Waals surface area contributed by atoms with Crippen LogP contribution in [0.15, 0.2) is 52.4 Å². The topological polar surface area (TPSA) is 68.5 Å². The van der Waals surface area contributed by atoms with Gasteiger partial charge in [-0.1, -0.05) is 30.4 Å². The molecule has 0 aliphatic rings. The molecule has 5 nitrogen and oxygen atoms in total. The number of benzene rings is 2. The van der Waals surface area contributed by atoms with Crippen LogP contribution in [0.3, 0.4) is 0 Å². The zero-order valence-corrected chi connectivity index (χ0v) is 17.3. The van der Waals surface area contributed by atoms with Gasteiger partial charge < -0.3 is 4.57 Å². The summed E-state index contributed by atoms with van der Waals surface area (Å²) in [7, 11) is -1.67. The van der Waals surface area contributed by atoms with E-state index in [0.717, 1.165) is 28.8 Å². The summed E-state index contributed by atoms with van der Waals surface area (Å²) in [6.45, 7) is 2.08. The fraction of sp³-hybridized carbons (Fsp3) is 0.300. The van der Waals surface area contributed by atoms with Crippen LogP contribution < -0.4 is 4.80 Å². The number of aromatic nitrogens is 1. The van der Waals surface area contributed by atoms with Gasteiger partial charge in [-0.05, 0) is 48.7 Å². The molecule has 3 aromatic rings. The fourth-order valence-corrected chi connectivity index (χ4v) is 5.41. The first kappa shape index (κ1) is 20.4. The van der Waals surface area contributed by atoms with Crippen LogP contribution in [0.2, 0.25) is 0 Å². The number of sulfone groups is 1. The van der Waals surface area contributed by atoms with E-state index >= 15 is 0 Å². The maximum Gasteiger partial charge on any atom is 0.248 e. The molecule has 0 aliphatic carbocycles. The Labute approximate surface area is 167 Å². The predicted molar refractivity (Wildman–Crippen MR) is 108 cm³/mol. The monoisotopic (exact) mass is 420 g/mol. The van der Waals surface area contributed by atoms with Crippen molar-refractivity contribution in [1.29, 1.82) is 0 Å². The number of halogens is 1. The van der Waals surface area contributed by atoms with E-state index in [-0.39, 0.29) is 29.4 Å². The second-order valence-corrected chi connectivity index (χ2v) is 9.56. The molecule has 1 amide bonds. The lowest BCUT2D eigenvalue weighted by atomic mass is 10.1. The molecular weight excluding hydrogens is 399 g/mol. The Kier molecular flexibility index (Phi) is 6.10. The summed E-state index contributed by atoms with van der Waals surface area (Å²) in [6.07, 6.45) is 1.09. The first-order valence-corrected chi connectivity index (χ1v) is 11.4. The summed E-state index contributed by atoms with van der Waals surface area (Å²) in [6, 6.07) is 10.7. The number of nitrogens with zero attached hydrogens (tertiary/aromatic N) is 2. The standard InChI is InChI=1S/C20H21FN2O3S2/c1-3-14-6-4-7-17-19(14)23(2)20(27-17)22-18(24)8-5-13-28(25,26)16-11-9-15(21)10-12-16/h4,6-7,9-12H,3,5,8,13H2,1-2H3. The van der Waals surface area contributed by atoms with E-state index in [2.05, 4.69) is 18.0 Å². The third kappa shape index (κ3) is 4.39. The minimum absolute atomic E-state index is 0.0370. The van der Waals surface area contributed by atoms with E-state index in [0.29, 0.717) is 4.80 Å². The molecule has 8 heteroatoms. The van der Waals surface area contributed by atoms with Crippen molar-refractivity contribution in [3.8, 4) is 0 Å². The summed E-state index contributed by atoms with van der Waals surface area (Å²) in [5.41, 5.74) is 2.26. The zero-order chi connectivity index (χ0) is 20.3. The summed E-state index contributed by atoms with van der Waals surface area (Å²) in [4.78, 5) is 17.1. The van der Waals surface area contributed by atoms with Crippen LogP contribution in [0, 0.1) is 5.82 Å². The molecule has 1 aromatic heterocycles. The minimum Gasteiger partial charge on any atom is -0.319 e. The summed E-state index contributed by atoms with van der Waals surface area (Å²) < 4.78 is 40.4. The third-order valence-corrected chi connectivity index (χ3v) is 7.40. The van der Waals surface area contributed by atoms with Crippen LogP contribution in [0.4, 0.5) is 4.39 Å². The Morgan fingerprint density at radius 1 is 1.18 bits per heavy atom. The largest absolute Gasteiger partial charge is 0.319 e. The van der Waals surface area contributed by atoms with Gasteiger partial charge in [0, 0.05) is 13.5 Å². The molecule has 0 aliphatic heterocycles. The number of rotatable bonds is 6. The van der Waals surface area contributed by atoms with Crippen molar-refractivity contribution in [3.05, 3.63) is 58.6 Å². The number of thiazole rings is 1. The van der Waals surface area contributed by atoms with Gasteiger partial charge in [-0.15, -0.1) is 0 Å². The molecule has 0 radical (unpaired) electrons. The van der Waals surface area contributed by atoms with E-state index in [1.54, 1.807) is 0 Å². The average molecular weight is 421 g/mol. The van der Waals surface area contributed by atoms with Crippen molar-refractivity contribution in [2.75, 3.05) is 5.75 Å². The second kappa shape index (κ2) is 8.36. The van der Waals surface area contributed by atoms with Crippen molar-refractivity contribution >= 4 is 37.3 Å². The lowest BCUT2D eigenvalue weighted by molar-refractivity contribution is -0.118. The van der Waals surface area contributed by atoms with Gasteiger partial charge in [-0.2, -0.15) is 4.99 Å². The van der Waals surface area contributed by atoms with Gasteiger partial charge in [-0.3, -0.25) is 4.79 Å². The summed E-state index contributed by atoms with van der Waals surface area (Å²) in [5, 5.41) is 0. The molecule has 0 saturated heterocycles. The lowest BCUT2D eigenvalue weighted by Gasteiger charge is -2.03. The molecule has 2 aromatic carbocycles. The van der Waals surface area contributed by atoms with Gasteiger partial charge >= 0.3 is 0 Å². The highest BCUT2D eigenvalue weighted by atomic mass is 32.2. The quantitative estimate of drug-likeness (QED) is 0.572. The maximum atomic E-state index is 12.9. The number of para-hydroxylation sites is 1. The number of hydrogen-bond donors (Lipinski definition) is 0. The van der Waals surface area contributed by atoms with E-state index in [1.807, 2.05) is 23.7 Å². The first-order valence-electron chi connectivity index (χ1n) is 8.95. The SMILES string of the molecule is CCc1cccc2sc(=NC(=O)CCCS(=O)(=O)c3ccc(F)cc3)n(C)c12. The number of amides is 1. The number of carbonyl (C=O) groups is 1. The smallest absolute Gasteiger partial charge is 0.248 e. The van der Waals surface area contributed by atoms with Crippen LogP contribution in [0.1, 0.15) is 25.3 Å². The molecule has 0 fully saturated rings. The summed E-state index contributed by atoms with van der Waals surface area (Å²) >= 11 is 1.44. The number of aryl methyl sites for hydroxylation is 2. The summed E-state index contributed by atoms with van der Waals surface area (Å²) in [5.74, 6) is -1.02. The molecule has 0 spiro atoms. The number of fused-ring (bicyclic) bond motifs is 1. The Morgan fingerprint density at radius 2 is 1.89 bits per heavy atom. The van der Waals surface area contributed by atoms with Gasteiger partial charge in [0.2, 0.25) is 5.91 Å². The van der Waals surface area contributed by atoms with Gasteiger partial charge in [0.05, 0.1) is 20.9 Å². The number of hydrogen-bond acceptors (Lipinski definition) is 4. The predicted octanol–water partition coefficient (Wildman–Crippen LogP) is 3.62. The fourth-order valence-electron chi connectivity index (χ4n) is 3.01. The van der Waals surface area contributed by atoms with Crippen LogP contribution in [0.25, 0.3) is 10.2 Å². The zero-order valence-electron chi connectivity index (χ0n) is 15.7. The van der Waals surface area contributed by atoms with Crippen LogP contribution in [0.5, 0.6) is 0 Å². The molecular formula is C20H21FN2O3S2. The maximum absolute atomic E-state index is 12.9. The van der Waals surface area contributed by atoms with Gasteiger partial charge in [0.15, 0.2) is 14.6 Å². The Balaban J connectivity index is 1.71. The molecule has 0 unspecified atom stereocenters. The molecule has 3 rings (SSSR count). The molecule has 1 heterocycles. The molecule has 0 N–H and O–H groups in total. The average Bonchev–Trinajstić information content (AvgIpc) is 2.97. The van der Waals surface area contributed by atoms with Crippen molar-refractivity contribution < 1.29 is 17.6 Å². The van der Waals surface area contributed by atoms with Gasteiger partial charge in [-0.25, -0.2) is 12.8 Å². The van der Waals surface area contributed by atoms with Crippen LogP contribution >= 0.6 is 11.3 Å². The Morgan fingerprint density at radius 3 is 2.57 bits per heavy atom. The molecule has 0 saturated carbocycles. The van der Waals surface area contributed by atoms with E-state index in [1.165, 1.54) is 29.0 Å². The normalized spacial score (nSPS) is 12.6. The van der Waals surface area contributed by atoms with Crippen molar-refractivity contribution in [2.24, 2.45) is 12.0 Å². The van der Waals surface area contributed by atoms with Crippen molar-refractivity contribution in [2.45, 2.75) is 31.1 Å². The van der Waals surface area contributed by atoms with Crippen molar-refractivity contribution in [1.82, 2.24) is 4.57 Å². The van der Waals surface area contributed by atoms with E-state index < -0.39 is 15.7 Å². The molecule has 0 bridgehead atoms. The van der Waals surface area contributed by atoms with E-state index in [9.17, 15) is 17.6 Å². The van der Waals surface area contributed by atoms with Gasteiger partial charge in [0.1, 0.15) is 5.82 Å². The van der Waals surface area contributed by atoms with Crippen LogP contribution in [-0.2, 0) is 28.1 Å². The molecule has 148 valence electrons. The second-order valence-electron chi connectivity index (χ2n) is 6.44. The van der Waals surface area contributed by atoms with Crippen LogP contribution in [-0.4, -0.2) is 24.6 Å². The molecule has 0 atom stereocenters. The Hall–Kier alpha value is -2.32. The minimum atomic E-state index is -3.55. The lowest BCUT2D eigenvalue weighted by Crippen LogP contribution is -2.14. The highest BCUT2D eigenvalue weighted by Crippen LogP contribution is 2.21. The van der Waals surface area contributed by atoms with E-state index in [4.69, 9.17) is 0 Å². The first-order chi connectivity index (χ1) is 13.3. The third-order valence-electron chi connectivity index (χ3n) is 4.48. The van der Waals surface area contributed by atoms with Crippen molar-refractivity contribution in [3.63, 3.8) is 0 Å². The highest BCUT2D eigenvalue weighted by molar-refractivity contribution is 7.91. The number of carbonyl (C=O) groups excluding carboxylic acids is 1. The highest BCUT2D eigenvalue weighted by Gasteiger charge is 2.15. The van der Waals surface area contributed by atoms with Gasteiger partial charge in [0.25, 0.3) is 0 Å². The molecule has 28 heavy (non-hydrogen) atoms. The Bertz CT molecular complexity index is 1180.